The Morgan fingerprint density at radius 3 is 1.25 bits per heavy atom. The van der Waals surface area contributed by atoms with Crippen LogP contribution in [0.25, 0.3) is 12.2 Å². The van der Waals surface area contributed by atoms with Crippen LogP contribution in [-0.2, 0) is 0 Å². The number of hydrogen-bond donors (Lipinski definition) is 0. The first-order chi connectivity index (χ1) is 9.74. The van der Waals surface area contributed by atoms with E-state index in [0.29, 0.717) is 0 Å². The van der Waals surface area contributed by atoms with Crippen molar-refractivity contribution in [3.63, 3.8) is 0 Å². The van der Waals surface area contributed by atoms with Crippen LogP contribution in [0.5, 0.6) is 0 Å². The Bertz CT molecular complexity index is 459. The Balaban J connectivity index is 0.000000829. The van der Waals surface area contributed by atoms with Crippen LogP contribution >= 0.6 is 0 Å². The number of rotatable bonds is 2. The standard InChI is InChI=1S/C16H16.2C2H6/c1-13-5-3-7-15(11-13)9-10-16-8-4-6-14(2)12-16;2*1-2/h3-12H,1-2H3;2*1-2H3/b10-9+;;. The summed E-state index contributed by atoms with van der Waals surface area (Å²) >= 11 is 0. The van der Waals surface area contributed by atoms with Crippen molar-refractivity contribution in [1.82, 2.24) is 0 Å². The predicted molar refractivity (Wildman–Crippen MR) is 94.0 cm³/mol. The molecule has 2 aromatic carbocycles. The van der Waals surface area contributed by atoms with Crippen LogP contribution in [0.15, 0.2) is 48.5 Å². The molecule has 0 unspecified atom stereocenters. The van der Waals surface area contributed by atoms with Crippen molar-refractivity contribution >= 4 is 12.2 Å². The predicted octanol–water partition coefficient (Wildman–Crippen LogP) is 6.53. The average Bonchev–Trinajstić information content (AvgIpc) is 2.50. The van der Waals surface area contributed by atoms with Gasteiger partial charge in [0.2, 0.25) is 0 Å². The van der Waals surface area contributed by atoms with E-state index in [2.05, 4.69) is 74.5 Å². The molecular formula is C20H28. The molecule has 0 nitrogen and oxygen atoms in total. The van der Waals surface area contributed by atoms with Crippen LogP contribution in [0.3, 0.4) is 0 Å². The fourth-order valence-electron chi connectivity index (χ4n) is 1.74. The number of hydrogen-bond acceptors (Lipinski definition) is 0. The van der Waals surface area contributed by atoms with Crippen molar-refractivity contribution < 1.29 is 0 Å². The van der Waals surface area contributed by atoms with E-state index in [1.165, 1.54) is 22.3 Å². The highest BCUT2D eigenvalue weighted by Crippen LogP contribution is 2.11. The van der Waals surface area contributed by atoms with Crippen molar-refractivity contribution in [2.45, 2.75) is 41.5 Å². The van der Waals surface area contributed by atoms with Crippen molar-refractivity contribution in [3.8, 4) is 0 Å². The van der Waals surface area contributed by atoms with Gasteiger partial charge in [0.05, 0.1) is 0 Å². The molecule has 0 aliphatic carbocycles. The first-order valence-electron chi connectivity index (χ1n) is 7.55. The fourth-order valence-corrected chi connectivity index (χ4v) is 1.74. The van der Waals surface area contributed by atoms with Crippen molar-refractivity contribution in [1.29, 1.82) is 0 Å². The topological polar surface area (TPSA) is 0 Å². The van der Waals surface area contributed by atoms with Gasteiger partial charge in [-0.05, 0) is 25.0 Å². The molecule has 0 bridgehead atoms. The van der Waals surface area contributed by atoms with E-state index < -0.39 is 0 Å². The van der Waals surface area contributed by atoms with Crippen LogP contribution < -0.4 is 0 Å². The highest BCUT2D eigenvalue weighted by molar-refractivity contribution is 5.70. The van der Waals surface area contributed by atoms with Crippen molar-refractivity contribution in [2.75, 3.05) is 0 Å². The zero-order chi connectivity index (χ0) is 15.4. The third-order valence-electron chi connectivity index (χ3n) is 2.55. The molecule has 0 aromatic heterocycles. The molecule has 0 spiro atoms. The molecule has 108 valence electrons. The second-order valence-electron chi connectivity index (χ2n) is 4.16. The van der Waals surface area contributed by atoms with Crippen LogP contribution in [-0.4, -0.2) is 0 Å². The number of benzene rings is 2. The molecule has 0 atom stereocenters. The minimum absolute atomic E-state index is 1.25. The van der Waals surface area contributed by atoms with E-state index in [9.17, 15) is 0 Å². The lowest BCUT2D eigenvalue weighted by Gasteiger charge is -1.97. The molecule has 0 heterocycles. The van der Waals surface area contributed by atoms with E-state index in [1.54, 1.807) is 0 Å². The molecule has 0 N–H and O–H groups in total. The SMILES string of the molecule is CC.CC.Cc1cccc(/C=C/c2cccc(C)c2)c1. The first kappa shape index (κ1) is 18.2. The molecule has 0 fully saturated rings. The second-order valence-corrected chi connectivity index (χ2v) is 4.16. The van der Waals surface area contributed by atoms with E-state index in [1.807, 2.05) is 27.7 Å². The lowest BCUT2D eigenvalue weighted by atomic mass is 10.1. The normalized spacial score (nSPS) is 9.30. The summed E-state index contributed by atoms with van der Waals surface area (Å²) in [6.45, 7) is 12.2. The quantitative estimate of drug-likeness (QED) is 0.543. The lowest BCUT2D eigenvalue weighted by Crippen LogP contribution is -1.76. The highest BCUT2D eigenvalue weighted by atomic mass is 13.9. The van der Waals surface area contributed by atoms with E-state index in [4.69, 9.17) is 0 Å². The molecule has 0 saturated carbocycles. The molecule has 0 aliphatic rings. The maximum Gasteiger partial charge on any atom is -0.0254 e. The zero-order valence-electron chi connectivity index (χ0n) is 13.8. The summed E-state index contributed by atoms with van der Waals surface area (Å²) in [5.41, 5.74) is 5.10. The largest absolute Gasteiger partial charge is 0.0683 e. The molecule has 0 saturated heterocycles. The second kappa shape index (κ2) is 11.0. The van der Waals surface area contributed by atoms with Gasteiger partial charge in [-0.3, -0.25) is 0 Å². The van der Waals surface area contributed by atoms with E-state index in [0.717, 1.165) is 0 Å². The monoisotopic (exact) mass is 268 g/mol. The third kappa shape index (κ3) is 6.94. The van der Waals surface area contributed by atoms with Crippen molar-refractivity contribution in [3.05, 3.63) is 70.8 Å². The Hall–Kier alpha value is -1.82. The van der Waals surface area contributed by atoms with Gasteiger partial charge in [0.25, 0.3) is 0 Å². The summed E-state index contributed by atoms with van der Waals surface area (Å²) in [6, 6.07) is 17.0. The average molecular weight is 268 g/mol. The maximum absolute atomic E-state index is 2.19. The minimum atomic E-state index is 1.25. The van der Waals surface area contributed by atoms with Gasteiger partial charge in [-0.2, -0.15) is 0 Å². The van der Waals surface area contributed by atoms with Crippen molar-refractivity contribution in [2.24, 2.45) is 0 Å². The Kier molecular flexibility index (Phi) is 10.0. The summed E-state index contributed by atoms with van der Waals surface area (Å²) < 4.78 is 0. The van der Waals surface area contributed by atoms with Gasteiger partial charge < -0.3 is 0 Å². The fraction of sp³-hybridized carbons (Fsp3) is 0.300. The smallest absolute Gasteiger partial charge is 0.0254 e. The molecule has 0 amide bonds. The van der Waals surface area contributed by atoms with E-state index in [-0.39, 0.29) is 0 Å². The van der Waals surface area contributed by atoms with Gasteiger partial charge in [0.1, 0.15) is 0 Å². The Labute approximate surface area is 125 Å². The summed E-state index contributed by atoms with van der Waals surface area (Å²) in [4.78, 5) is 0. The van der Waals surface area contributed by atoms with Crippen LogP contribution in [0.1, 0.15) is 49.9 Å². The zero-order valence-corrected chi connectivity index (χ0v) is 13.8. The summed E-state index contributed by atoms with van der Waals surface area (Å²) in [5.74, 6) is 0. The van der Waals surface area contributed by atoms with E-state index >= 15 is 0 Å². The highest BCUT2D eigenvalue weighted by Gasteiger charge is 1.89. The Morgan fingerprint density at radius 2 is 0.950 bits per heavy atom. The molecular weight excluding hydrogens is 240 g/mol. The molecule has 2 rings (SSSR count). The van der Waals surface area contributed by atoms with Gasteiger partial charge >= 0.3 is 0 Å². The minimum Gasteiger partial charge on any atom is -0.0683 e. The lowest BCUT2D eigenvalue weighted by molar-refractivity contribution is 1.45. The molecule has 0 aliphatic heterocycles. The van der Waals surface area contributed by atoms with Crippen LogP contribution in [0.2, 0.25) is 0 Å². The maximum atomic E-state index is 2.19. The molecule has 0 radical (unpaired) electrons. The number of aryl methyl sites for hydroxylation is 2. The summed E-state index contributed by atoms with van der Waals surface area (Å²) in [5, 5.41) is 0. The van der Waals surface area contributed by atoms with Crippen LogP contribution in [0, 0.1) is 13.8 Å². The third-order valence-corrected chi connectivity index (χ3v) is 2.55. The van der Waals surface area contributed by atoms with Gasteiger partial charge in [-0.25, -0.2) is 0 Å². The Morgan fingerprint density at radius 1 is 0.600 bits per heavy atom. The van der Waals surface area contributed by atoms with Gasteiger partial charge in [0, 0.05) is 0 Å². The van der Waals surface area contributed by atoms with Gasteiger partial charge in [-0.15, -0.1) is 0 Å². The summed E-state index contributed by atoms with van der Waals surface area (Å²) in [7, 11) is 0. The van der Waals surface area contributed by atoms with Gasteiger partial charge in [0.15, 0.2) is 0 Å². The molecule has 20 heavy (non-hydrogen) atoms. The first-order valence-corrected chi connectivity index (χ1v) is 7.55. The van der Waals surface area contributed by atoms with Gasteiger partial charge in [-0.1, -0.05) is 99.5 Å². The molecule has 2 aromatic rings. The van der Waals surface area contributed by atoms with Crippen LogP contribution in [0.4, 0.5) is 0 Å². The molecule has 0 heteroatoms. The summed E-state index contributed by atoms with van der Waals surface area (Å²) in [6.07, 6.45) is 4.31.